The molecule has 2 nitrogen and oxygen atoms in total. The average Bonchev–Trinajstić information content (AvgIpc) is 2.41. The molecule has 6 heteroatoms. The minimum atomic E-state index is -4.10. The molecule has 1 N–H and O–H groups in total. The minimum Gasteiger partial charge on any atom is -0.314 e. The van der Waals surface area contributed by atoms with Crippen LogP contribution in [0.2, 0.25) is 0 Å². The molecule has 1 aliphatic rings. The predicted molar refractivity (Wildman–Crippen MR) is 76.6 cm³/mol. The second-order valence-electron chi connectivity index (χ2n) is 4.98. The van der Waals surface area contributed by atoms with E-state index in [1.54, 1.807) is 0 Å². The van der Waals surface area contributed by atoms with Gasteiger partial charge in [-0.05, 0) is 18.1 Å². The van der Waals surface area contributed by atoms with Crippen molar-refractivity contribution in [3.05, 3.63) is 34.3 Å². The van der Waals surface area contributed by atoms with Crippen molar-refractivity contribution >= 4 is 15.9 Å². The first-order chi connectivity index (χ1) is 9.47. The fourth-order valence-corrected chi connectivity index (χ4v) is 3.12. The maximum Gasteiger partial charge on any atom is 0.389 e. The summed E-state index contributed by atoms with van der Waals surface area (Å²) >= 11 is 3.46. The first-order valence-corrected chi connectivity index (χ1v) is 7.52. The van der Waals surface area contributed by atoms with Gasteiger partial charge in [0.2, 0.25) is 0 Å². The highest BCUT2D eigenvalue weighted by molar-refractivity contribution is 9.10. The van der Waals surface area contributed by atoms with Crippen molar-refractivity contribution in [3.63, 3.8) is 0 Å². The third kappa shape index (κ3) is 4.46. The van der Waals surface area contributed by atoms with Gasteiger partial charge >= 0.3 is 6.18 Å². The number of nitrogens with zero attached hydrogens (tertiary/aromatic N) is 1. The molecular weight excluding hydrogens is 333 g/mol. The molecule has 1 fully saturated rings. The number of halogens is 4. The van der Waals surface area contributed by atoms with Gasteiger partial charge in [0.05, 0.1) is 0 Å². The van der Waals surface area contributed by atoms with Crippen LogP contribution in [-0.4, -0.2) is 37.3 Å². The van der Waals surface area contributed by atoms with Crippen LogP contribution >= 0.6 is 15.9 Å². The van der Waals surface area contributed by atoms with E-state index in [2.05, 4.69) is 26.1 Å². The molecule has 112 valence electrons. The zero-order valence-corrected chi connectivity index (χ0v) is 12.7. The van der Waals surface area contributed by atoms with E-state index >= 15 is 0 Å². The van der Waals surface area contributed by atoms with Crippen LogP contribution in [0.1, 0.15) is 24.4 Å². The van der Waals surface area contributed by atoms with Crippen LogP contribution < -0.4 is 5.32 Å². The minimum absolute atomic E-state index is 0.103. The number of hydrogen-bond acceptors (Lipinski definition) is 2. The van der Waals surface area contributed by atoms with E-state index in [9.17, 15) is 13.2 Å². The zero-order chi connectivity index (χ0) is 14.6. The van der Waals surface area contributed by atoms with Gasteiger partial charge in [-0.3, -0.25) is 4.90 Å². The first-order valence-electron chi connectivity index (χ1n) is 6.73. The van der Waals surface area contributed by atoms with Gasteiger partial charge in [-0.1, -0.05) is 34.1 Å². The van der Waals surface area contributed by atoms with E-state index in [1.165, 1.54) is 0 Å². The molecule has 1 aromatic rings. The van der Waals surface area contributed by atoms with Gasteiger partial charge in [0.1, 0.15) is 0 Å². The van der Waals surface area contributed by atoms with Crippen molar-refractivity contribution in [2.24, 2.45) is 0 Å². The standard InChI is InChI=1S/C14H18BrF3N2/c15-12-4-2-1-3-11(12)13(5-6-14(16,17)18)20-9-7-19-8-10-20/h1-4,13,19H,5-10H2/t13-/m1/s1. The average molecular weight is 351 g/mol. The van der Waals surface area contributed by atoms with Crippen LogP contribution in [0.15, 0.2) is 28.7 Å². The summed E-state index contributed by atoms with van der Waals surface area (Å²) in [6.45, 7) is 3.22. The van der Waals surface area contributed by atoms with E-state index in [1.807, 2.05) is 24.3 Å². The maximum absolute atomic E-state index is 12.6. The van der Waals surface area contributed by atoms with Crippen LogP contribution in [0.3, 0.4) is 0 Å². The smallest absolute Gasteiger partial charge is 0.314 e. The van der Waals surface area contributed by atoms with E-state index in [4.69, 9.17) is 0 Å². The molecule has 20 heavy (non-hydrogen) atoms. The highest BCUT2D eigenvalue weighted by Crippen LogP contribution is 2.34. The molecule has 0 aliphatic carbocycles. The Labute approximate surface area is 125 Å². The number of alkyl halides is 3. The monoisotopic (exact) mass is 350 g/mol. The summed E-state index contributed by atoms with van der Waals surface area (Å²) in [5.41, 5.74) is 0.943. The summed E-state index contributed by atoms with van der Waals surface area (Å²) in [5.74, 6) is 0. The predicted octanol–water partition coefficient (Wildman–Crippen LogP) is 3.74. The fraction of sp³-hybridized carbons (Fsp3) is 0.571. The zero-order valence-electron chi connectivity index (χ0n) is 11.1. The lowest BCUT2D eigenvalue weighted by Crippen LogP contribution is -2.45. The lowest BCUT2D eigenvalue weighted by atomic mass is 9.99. The van der Waals surface area contributed by atoms with Crippen LogP contribution in [0.5, 0.6) is 0 Å². The number of hydrogen-bond donors (Lipinski definition) is 1. The summed E-state index contributed by atoms with van der Waals surface area (Å²) in [5, 5.41) is 3.23. The van der Waals surface area contributed by atoms with E-state index in [-0.39, 0.29) is 12.5 Å². The van der Waals surface area contributed by atoms with Crippen LogP contribution in [0, 0.1) is 0 Å². The van der Waals surface area contributed by atoms with Crippen molar-refractivity contribution in [2.75, 3.05) is 26.2 Å². The van der Waals surface area contributed by atoms with Gasteiger partial charge in [-0.2, -0.15) is 13.2 Å². The fourth-order valence-electron chi connectivity index (χ4n) is 2.57. The molecule has 0 saturated carbocycles. The Hall–Kier alpha value is -0.590. The normalized spacial score (nSPS) is 19.0. The second kappa shape index (κ2) is 6.91. The molecule has 1 heterocycles. The van der Waals surface area contributed by atoms with E-state index in [0.29, 0.717) is 0 Å². The summed E-state index contributed by atoms with van der Waals surface area (Å²) in [7, 11) is 0. The van der Waals surface area contributed by atoms with Crippen LogP contribution in [-0.2, 0) is 0 Å². The molecule has 0 amide bonds. The topological polar surface area (TPSA) is 15.3 Å². The quantitative estimate of drug-likeness (QED) is 0.889. The van der Waals surface area contributed by atoms with Crippen molar-refractivity contribution in [3.8, 4) is 0 Å². The third-order valence-electron chi connectivity index (χ3n) is 3.56. The molecule has 1 atom stereocenters. The van der Waals surface area contributed by atoms with Crippen LogP contribution in [0.25, 0.3) is 0 Å². The Kier molecular flexibility index (Phi) is 5.46. The molecular formula is C14H18BrF3N2. The summed E-state index contributed by atoms with van der Waals surface area (Å²) in [6.07, 6.45) is -4.75. The van der Waals surface area contributed by atoms with Crippen molar-refractivity contribution in [1.29, 1.82) is 0 Å². The van der Waals surface area contributed by atoms with Gasteiger partial charge in [-0.25, -0.2) is 0 Å². The highest BCUT2D eigenvalue weighted by Gasteiger charge is 2.31. The molecule has 1 saturated heterocycles. The number of rotatable bonds is 4. The molecule has 2 rings (SSSR count). The van der Waals surface area contributed by atoms with E-state index < -0.39 is 12.6 Å². The summed E-state index contributed by atoms with van der Waals surface area (Å²) < 4.78 is 38.6. The van der Waals surface area contributed by atoms with Gasteiger partial charge in [0.15, 0.2) is 0 Å². The molecule has 0 bridgehead atoms. The number of nitrogens with one attached hydrogen (secondary N) is 1. The molecule has 0 spiro atoms. The Morgan fingerprint density at radius 1 is 1.20 bits per heavy atom. The molecule has 1 aliphatic heterocycles. The highest BCUT2D eigenvalue weighted by atomic mass is 79.9. The molecule has 0 aromatic heterocycles. The Morgan fingerprint density at radius 3 is 2.45 bits per heavy atom. The lowest BCUT2D eigenvalue weighted by molar-refractivity contribution is -0.138. The molecule has 0 radical (unpaired) electrons. The lowest BCUT2D eigenvalue weighted by Gasteiger charge is -2.36. The number of piperazine rings is 1. The van der Waals surface area contributed by atoms with Crippen molar-refractivity contribution < 1.29 is 13.2 Å². The van der Waals surface area contributed by atoms with Gasteiger partial charge in [0.25, 0.3) is 0 Å². The molecule has 0 unspecified atom stereocenters. The molecule has 1 aromatic carbocycles. The third-order valence-corrected chi connectivity index (χ3v) is 4.28. The SMILES string of the molecule is FC(F)(F)CC[C@H](c1ccccc1Br)N1CCNCC1. The van der Waals surface area contributed by atoms with Gasteiger partial charge < -0.3 is 5.32 Å². The van der Waals surface area contributed by atoms with Crippen molar-refractivity contribution in [2.45, 2.75) is 25.1 Å². The Balaban J connectivity index is 2.17. The first kappa shape index (κ1) is 15.8. The Morgan fingerprint density at radius 2 is 1.85 bits per heavy atom. The van der Waals surface area contributed by atoms with Crippen LogP contribution in [0.4, 0.5) is 13.2 Å². The number of benzene rings is 1. The van der Waals surface area contributed by atoms with Crippen molar-refractivity contribution in [1.82, 2.24) is 10.2 Å². The van der Waals surface area contributed by atoms with Gasteiger partial charge in [-0.15, -0.1) is 0 Å². The summed E-state index contributed by atoms with van der Waals surface area (Å²) in [6, 6.07) is 7.37. The maximum atomic E-state index is 12.6. The second-order valence-corrected chi connectivity index (χ2v) is 5.83. The van der Waals surface area contributed by atoms with E-state index in [0.717, 1.165) is 36.2 Å². The largest absolute Gasteiger partial charge is 0.389 e. The summed E-state index contributed by atoms with van der Waals surface area (Å²) in [4.78, 5) is 2.14. The van der Waals surface area contributed by atoms with Gasteiger partial charge in [0, 0.05) is 43.1 Å². The Bertz CT molecular complexity index is 431.